The van der Waals surface area contributed by atoms with Crippen LogP contribution in [0.5, 0.6) is 5.75 Å². The Morgan fingerprint density at radius 2 is 1.94 bits per heavy atom. The Labute approximate surface area is 106 Å². The fraction of sp³-hybridized carbons (Fsp3) is 0.143. The van der Waals surface area contributed by atoms with E-state index in [2.05, 4.69) is 24.4 Å². The summed E-state index contributed by atoms with van der Waals surface area (Å²) in [6.07, 6.45) is 0. The van der Waals surface area contributed by atoms with Gasteiger partial charge in [-0.2, -0.15) is 0 Å². The summed E-state index contributed by atoms with van der Waals surface area (Å²) in [4.78, 5) is 0. The molecule has 0 heterocycles. The van der Waals surface area contributed by atoms with Crippen LogP contribution in [0.4, 0.5) is 5.69 Å². The summed E-state index contributed by atoms with van der Waals surface area (Å²) in [6, 6.07) is 15.6. The molecule has 88 valence electrons. The molecule has 0 fully saturated rings. The highest BCUT2D eigenvalue weighted by molar-refractivity contribution is 6.32. The van der Waals surface area contributed by atoms with E-state index in [1.165, 1.54) is 5.56 Å². The van der Waals surface area contributed by atoms with Crippen LogP contribution in [0.2, 0.25) is 5.02 Å². The van der Waals surface area contributed by atoms with Crippen LogP contribution >= 0.6 is 11.6 Å². The first-order valence-corrected chi connectivity index (χ1v) is 5.81. The average molecular weight is 248 g/mol. The van der Waals surface area contributed by atoms with E-state index in [1.807, 2.05) is 36.4 Å². The topological polar surface area (TPSA) is 21.3 Å². The highest BCUT2D eigenvalue weighted by atomic mass is 35.5. The zero-order valence-electron chi connectivity index (χ0n) is 9.61. The van der Waals surface area contributed by atoms with E-state index < -0.39 is 0 Å². The molecule has 2 aromatic carbocycles. The smallest absolute Gasteiger partial charge is 0.159 e. The van der Waals surface area contributed by atoms with Gasteiger partial charge in [0.15, 0.2) is 6.73 Å². The summed E-state index contributed by atoms with van der Waals surface area (Å²) in [5, 5.41) is 3.80. The first kappa shape index (κ1) is 11.8. The summed E-state index contributed by atoms with van der Waals surface area (Å²) < 4.78 is 5.54. The molecule has 0 radical (unpaired) electrons. The second-order valence-corrected chi connectivity index (χ2v) is 4.17. The summed E-state index contributed by atoms with van der Waals surface area (Å²) in [5.74, 6) is 0.689. The van der Waals surface area contributed by atoms with Crippen molar-refractivity contribution in [3.63, 3.8) is 0 Å². The van der Waals surface area contributed by atoms with Crippen molar-refractivity contribution in [3.05, 3.63) is 59.1 Å². The molecule has 17 heavy (non-hydrogen) atoms. The number of halogens is 1. The number of rotatable bonds is 4. The molecule has 0 aromatic heterocycles. The van der Waals surface area contributed by atoms with E-state index in [0.29, 0.717) is 17.5 Å². The minimum absolute atomic E-state index is 0.396. The van der Waals surface area contributed by atoms with Gasteiger partial charge >= 0.3 is 0 Å². The number of anilines is 1. The summed E-state index contributed by atoms with van der Waals surface area (Å²) in [6.45, 7) is 2.45. The van der Waals surface area contributed by atoms with Gasteiger partial charge < -0.3 is 10.1 Å². The van der Waals surface area contributed by atoms with Crippen LogP contribution < -0.4 is 10.1 Å². The molecule has 0 aliphatic heterocycles. The van der Waals surface area contributed by atoms with Crippen molar-refractivity contribution in [2.45, 2.75) is 6.92 Å². The van der Waals surface area contributed by atoms with Gasteiger partial charge in [0.2, 0.25) is 0 Å². The van der Waals surface area contributed by atoms with Crippen molar-refractivity contribution in [2.75, 3.05) is 12.0 Å². The van der Waals surface area contributed by atoms with Crippen LogP contribution in [0.25, 0.3) is 0 Å². The molecule has 0 aliphatic carbocycles. The molecule has 0 saturated carbocycles. The molecule has 2 aromatic rings. The van der Waals surface area contributed by atoms with E-state index in [1.54, 1.807) is 0 Å². The van der Waals surface area contributed by atoms with Gasteiger partial charge in [0, 0.05) is 5.69 Å². The number of benzene rings is 2. The third kappa shape index (κ3) is 3.40. The Hall–Kier alpha value is -1.67. The van der Waals surface area contributed by atoms with Crippen LogP contribution in [0.1, 0.15) is 5.56 Å². The van der Waals surface area contributed by atoms with Gasteiger partial charge in [-0.3, -0.25) is 0 Å². The monoisotopic (exact) mass is 247 g/mol. The first-order valence-electron chi connectivity index (χ1n) is 5.43. The Kier molecular flexibility index (Phi) is 3.89. The van der Waals surface area contributed by atoms with Gasteiger partial charge in [0.1, 0.15) is 5.75 Å². The lowest BCUT2D eigenvalue weighted by Crippen LogP contribution is -2.08. The van der Waals surface area contributed by atoms with Crippen molar-refractivity contribution >= 4 is 17.3 Å². The van der Waals surface area contributed by atoms with E-state index in [9.17, 15) is 0 Å². The fourth-order valence-electron chi connectivity index (χ4n) is 1.51. The number of hydrogen-bond donors (Lipinski definition) is 1. The third-order valence-corrected chi connectivity index (χ3v) is 2.67. The molecular formula is C14H14ClNO. The Balaban J connectivity index is 1.90. The maximum atomic E-state index is 5.98. The van der Waals surface area contributed by atoms with Crippen LogP contribution in [0.3, 0.4) is 0 Å². The lowest BCUT2D eigenvalue weighted by Gasteiger charge is -2.10. The van der Waals surface area contributed by atoms with Gasteiger partial charge in [0.05, 0.1) is 5.02 Å². The zero-order chi connectivity index (χ0) is 12.1. The second kappa shape index (κ2) is 5.60. The fourth-order valence-corrected chi connectivity index (χ4v) is 1.70. The predicted octanol–water partition coefficient (Wildman–Crippen LogP) is 4.10. The normalized spacial score (nSPS) is 10.0. The van der Waals surface area contributed by atoms with Crippen molar-refractivity contribution in [2.24, 2.45) is 0 Å². The lowest BCUT2D eigenvalue weighted by molar-refractivity contribution is 0.347. The molecule has 2 rings (SSSR count). The van der Waals surface area contributed by atoms with Crippen molar-refractivity contribution < 1.29 is 4.74 Å². The molecule has 3 heteroatoms. The Bertz CT molecular complexity index is 499. The molecule has 0 bridgehead atoms. The number of para-hydroxylation sites is 1. The van der Waals surface area contributed by atoms with Crippen molar-refractivity contribution in [1.82, 2.24) is 0 Å². The van der Waals surface area contributed by atoms with Crippen molar-refractivity contribution in [3.8, 4) is 5.75 Å². The van der Waals surface area contributed by atoms with E-state index in [-0.39, 0.29) is 0 Å². The Morgan fingerprint density at radius 1 is 1.12 bits per heavy atom. The largest absolute Gasteiger partial charge is 0.472 e. The van der Waals surface area contributed by atoms with Crippen LogP contribution in [-0.4, -0.2) is 6.73 Å². The highest BCUT2D eigenvalue weighted by Gasteiger charge is 1.98. The van der Waals surface area contributed by atoms with Gasteiger partial charge in [-0.15, -0.1) is 0 Å². The highest BCUT2D eigenvalue weighted by Crippen LogP contribution is 2.23. The molecular weight excluding hydrogens is 234 g/mol. The molecule has 0 spiro atoms. The molecule has 0 unspecified atom stereocenters. The molecule has 0 atom stereocenters. The lowest BCUT2D eigenvalue weighted by atomic mass is 10.2. The first-order chi connectivity index (χ1) is 8.25. The molecule has 0 amide bonds. The molecule has 0 saturated heterocycles. The Morgan fingerprint density at radius 3 is 2.71 bits per heavy atom. The minimum atomic E-state index is 0.396. The van der Waals surface area contributed by atoms with Gasteiger partial charge in [-0.05, 0) is 36.8 Å². The standard InChI is InChI=1S/C14H14ClNO/c1-11-5-4-6-12(9-11)16-10-17-14-8-3-2-7-13(14)15/h2-9,16H,10H2,1H3. The van der Waals surface area contributed by atoms with Gasteiger partial charge in [-0.1, -0.05) is 35.9 Å². The number of nitrogens with one attached hydrogen (secondary N) is 1. The number of ether oxygens (including phenoxy) is 1. The molecule has 0 aliphatic rings. The van der Waals surface area contributed by atoms with Crippen LogP contribution in [0, 0.1) is 6.92 Å². The molecule has 1 N–H and O–H groups in total. The zero-order valence-corrected chi connectivity index (χ0v) is 10.4. The number of aryl methyl sites for hydroxylation is 1. The molecule has 2 nitrogen and oxygen atoms in total. The summed E-state index contributed by atoms with van der Waals surface area (Å²) >= 11 is 5.98. The van der Waals surface area contributed by atoms with E-state index in [0.717, 1.165) is 5.69 Å². The summed E-state index contributed by atoms with van der Waals surface area (Å²) in [5.41, 5.74) is 2.25. The maximum absolute atomic E-state index is 5.98. The number of hydrogen-bond acceptors (Lipinski definition) is 2. The van der Waals surface area contributed by atoms with Crippen LogP contribution in [0.15, 0.2) is 48.5 Å². The third-order valence-electron chi connectivity index (χ3n) is 2.36. The van der Waals surface area contributed by atoms with Gasteiger partial charge in [0.25, 0.3) is 0 Å². The minimum Gasteiger partial charge on any atom is -0.472 e. The SMILES string of the molecule is Cc1cccc(NCOc2ccccc2Cl)c1. The summed E-state index contributed by atoms with van der Waals surface area (Å²) in [7, 11) is 0. The van der Waals surface area contributed by atoms with E-state index >= 15 is 0 Å². The predicted molar refractivity (Wildman–Crippen MR) is 71.7 cm³/mol. The van der Waals surface area contributed by atoms with E-state index in [4.69, 9.17) is 16.3 Å². The quantitative estimate of drug-likeness (QED) is 0.822. The average Bonchev–Trinajstić information content (AvgIpc) is 2.32. The van der Waals surface area contributed by atoms with Crippen LogP contribution in [-0.2, 0) is 0 Å². The maximum Gasteiger partial charge on any atom is 0.159 e. The van der Waals surface area contributed by atoms with Crippen molar-refractivity contribution in [1.29, 1.82) is 0 Å². The van der Waals surface area contributed by atoms with Gasteiger partial charge in [-0.25, -0.2) is 0 Å². The second-order valence-electron chi connectivity index (χ2n) is 3.77.